The minimum atomic E-state index is -0.194. The average molecular weight is 399 g/mol. The standard InChI is InChI=1S/C21H30N6O2/c1-3-27(4-2)18-7-5-17(6-8-18)25-20-15-19(23-16-24-20)21(28)22-9-10-26-11-13-29-14-12-26/h5-8,15-16H,3-4,9-14H2,1-2H3,(H,22,28)(H,23,24,25). The Morgan fingerprint density at radius 1 is 1.14 bits per heavy atom. The van der Waals surface area contributed by atoms with Crippen LogP contribution in [-0.4, -0.2) is 73.3 Å². The Bertz CT molecular complexity index is 773. The molecule has 156 valence electrons. The maximum atomic E-state index is 12.4. The van der Waals surface area contributed by atoms with Gasteiger partial charge in [0.25, 0.3) is 5.91 Å². The average Bonchev–Trinajstić information content (AvgIpc) is 2.76. The number of morpholine rings is 1. The van der Waals surface area contributed by atoms with Crippen molar-refractivity contribution in [1.82, 2.24) is 20.2 Å². The number of anilines is 3. The first kappa shape index (κ1) is 21.0. The zero-order valence-electron chi connectivity index (χ0n) is 17.2. The minimum Gasteiger partial charge on any atom is -0.379 e. The number of hydrogen-bond donors (Lipinski definition) is 2. The number of ether oxygens (including phenoxy) is 1. The molecule has 1 aliphatic heterocycles. The van der Waals surface area contributed by atoms with Crippen molar-refractivity contribution >= 4 is 23.1 Å². The third kappa shape index (κ3) is 6.13. The van der Waals surface area contributed by atoms with E-state index >= 15 is 0 Å². The summed E-state index contributed by atoms with van der Waals surface area (Å²) < 4.78 is 5.33. The van der Waals surface area contributed by atoms with E-state index in [1.807, 2.05) is 12.1 Å². The fraction of sp³-hybridized carbons (Fsp3) is 0.476. The molecule has 0 saturated carbocycles. The van der Waals surface area contributed by atoms with Gasteiger partial charge in [-0.2, -0.15) is 0 Å². The second-order valence-electron chi connectivity index (χ2n) is 6.84. The van der Waals surface area contributed by atoms with Crippen LogP contribution in [0.4, 0.5) is 17.2 Å². The molecule has 0 bridgehead atoms. The monoisotopic (exact) mass is 398 g/mol. The molecule has 2 N–H and O–H groups in total. The Hall–Kier alpha value is -2.71. The maximum absolute atomic E-state index is 12.4. The van der Waals surface area contributed by atoms with Gasteiger partial charge in [-0.3, -0.25) is 9.69 Å². The Morgan fingerprint density at radius 3 is 2.55 bits per heavy atom. The van der Waals surface area contributed by atoms with E-state index in [1.54, 1.807) is 6.07 Å². The van der Waals surface area contributed by atoms with Gasteiger partial charge in [0.05, 0.1) is 13.2 Å². The summed E-state index contributed by atoms with van der Waals surface area (Å²) in [6, 6.07) is 9.85. The highest BCUT2D eigenvalue weighted by atomic mass is 16.5. The molecule has 3 rings (SSSR count). The largest absolute Gasteiger partial charge is 0.379 e. The molecule has 1 aliphatic rings. The molecule has 1 fully saturated rings. The summed E-state index contributed by atoms with van der Waals surface area (Å²) >= 11 is 0. The van der Waals surface area contributed by atoms with Gasteiger partial charge in [-0.25, -0.2) is 9.97 Å². The molecule has 2 heterocycles. The smallest absolute Gasteiger partial charge is 0.270 e. The van der Waals surface area contributed by atoms with Gasteiger partial charge in [-0.05, 0) is 38.1 Å². The fourth-order valence-electron chi connectivity index (χ4n) is 3.28. The second kappa shape index (κ2) is 10.7. The lowest BCUT2D eigenvalue weighted by Gasteiger charge is -2.26. The van der Waals surface area contributed by atoms with E-state index in [2.05, 4.69) is 56.4 Å². The van der Waals surface area contributed by atoms with E-state index in [1.165, 1.54) is 12.0 Å². The molecule has 0 atom stereocenters. The highest BCUT2D eigenvalue weighted by Crippen LogP contribution is 2.20. The van der Waals surface area contributed by atoms with Crippen LogP contribution in [0.25, 0.3) is 0 Å². The SMILES string of the molecule is CCN(CC)c1ccc(Nc2cc(C(=O)NCCN3CCOCC3)ncn2)cc1. The Morgan fingerprint density at radius 2 is 1.86 bits per heavy atom. The zero-order valence-corrected chi connectivity index (χ0v) is 17.2. The minimum absolute atomic E-state index is 0.194. The van der Waals surface area contributed by atoms with Crippen molar-refractivity contribution in [2.45, 2.75) is 13.8 Å². The molecular formula is C21H30N6O2. The number of carbonyl (C=O) groups excluding carboxylic acids is 1. The van der Waals surface area contributed by atoms with Crippen molar-refractivity contribution in [3.05, 3.63) is 42.4 Å². The summed E-state index contributed by atoms with van der Waals surface area (Å²) in [5.74, 6) is 0.398. The molecule has 2 aromatic rings. The highest BCUT2D eigenvalue weighted by molar-refractivity contribution is 5.92. The second-order valence-corrected chi connectivity index (χ2v) is 6.84. The molecule has 0 aliphatic carbocycles. The lowest BCUT2D eigenvalue weighted by atomic mass is 10.2. The molecule has 1 aromatic carbocycles. The Balaban J connectivity index is 1.53. The predicted molar refractivity (Wildman–Crippen MR) is 115 cm³/mol. The van der Waals surface area contributed by atoms with Crippen LogP contribution in [0, 0.1) is 0 Å². The number of carbonyl (C=O) groups is 1. The summed E-state index contributed by atoms with van der Waals surface area (Å²) in [7, 11) is 0. The first-order valence-electron chi connectivity index (χ1n) is 10.2. The molecule has 0 spiro atoms. The van der Waals surface area contributed by atoms with Gasteiger partial charge in [0.2, 0.25) is 0 Å². The van der Waals surface area contributed by atoms with Crippen molar-refractivity contribution < 1.29 is 9.53 Å². The van der Waals surface area contributed by atoms with Gasteiger partial charge in [-0.15, -0.1) is 0 Å². The number of amides is 1. The van der Waals surface area contributed by atoms with Gasteiger partial charge in [0.15, 0.2) is 0 Å². The van der Waals surface area contributed by atoms with E-state index in [-0.39, 0.29) is 5.91 Å². The quantitative estimate of drug-likeness (QED) is 0.669. The third-order valence-corrected chi connectivity index (χ3v) is 4.99. The molecule has 1 saturated heterocycles. The first-order chi connectivity index (χ1) is 14.2. The first-order valence-corrected chi connectivity index (χ1v) is 10.2. The van der Waals surface area contributed by atoms with Gasteiger partial charge >= 0.3 is 0 Å². The fourth-order valence-corrected chi connectivity index (χ4v) is 3.28. The maximum Gasteiger partial charge on any atom is 0.270 e. The topological polar surface area (TPSA) is 82.6 Å². The number of benzene rings is 1. The molecule has 0 unspecified atom stereocenters. The normalized spacial score (nSPS) is 14.4. The van der Waals surface area contributed by atoms with Crippen LogP contribution in [-0.2, 0) is 4.74 Å². The number of hydrogen-bond acceptors (Lipinski definition) is 7. The van der Waals surface area contributed by atoms with Crippen LogP contribution in [0.2, 0.25) is 0 Å². The molecular weight excluding hydrogens is 368 g/mol. The van der Waals surface area contributed by atoms with E-state index in [0.717, 1.165) is 51.6 Å². The molecule has 1 aromatic heterocycles. The van der Waals surface area contributed by atoms with E-state index in [4.69, 9.17) is 4.74 Å². The van der Waals surface area contributed by atoms with Crippen LogP contribution in [0.5, 0.6) is 0 Å². The summed E-state index contributed by atoms with van der Waals surface area (Å²) in [6.07, 6.45) is 1.41. The molecule has 0 radical (unpaired) electrons. The van der Waals surface area contributed by atoms with Crippen molar-refractivity contribution in [2.75, 3.05) is 62.7 Å². The summed E-state index contributed by atoms with van der Waals surface area (Å²) in [5.41, 5.74) is 2.45. The predicted octanol–water partition coefficient (Wildman–Crippen LogP) is 2.13. The summed E-state index contributed by atoms with van der Waals surface area (Å²) in [6.45, 7) is 10.9. The van der Waals surface area contributed by atoms with Crippen molar-refractivity contribution in [2.24, 2.45) is 0 Å². The molecule has 1 amide bonds. The lowest BCUT2D eigenvalue weighted by molar-refractivity contribution is 0.0383. The highest BCUT2D eigenvalue weighted by Gasteiger charge is 2.12. The number of nitrogens with zero attached hydrogens (tertiary/aromatic N) is 4. The van der Waals surface area contributed by atoms with Gasteiger partial charge in [-0.1, -0.05) is 0 Å². The summed E-state index contributed by atoms with van der Waals surface area (Å²) in [4.78, 5) is 25.3. The van der Waals surface area contributed by atoms with Crippen molar-refractivity contribution in [3.8, 4) is 0 Å². The van der Waals surface area contributed by atoms with Gasteiger partial charge in [0, 0.05) is 56.7 Å². The molecule has 8 heteroatoms. The lowest BCUT2D eigenvalue weighted by Crippen LogP contribution is -2.41. The number of rotatable bonds is 9. The van der Waals surface area contributed by atoms with Gasteiger partial charge in [0.1, 0.15) is 17.8 Å². The zero-order chi connectivity index (χ0) is 20.5. The Kier molecular flexibility index (Phi) is 7.77. The van der Waals surface area contributed by atoms with Crippen molar-refractivity contribution in [1.29, 1.82) is 0 Å². The van der Waals surface area contributed by atoms with Crippen LogP contribution in [0.3, 0.4) is 0 Å². The number of nitrogens with one attached hydrogen (secondary N) is 2. The molecule has 29 heavy (non-hydrogen) atoms. The van der Waals surface area contributed by atoms with Gasteiger partial charge < -0.3 is 20.3 Å². The third-order valence-electron chi connectivity index (χ3n) is 4.99. The van der Waals surface area contributed by atoms with E-state index in [9.17, 15) is 4.79 Å². The van der Waals surface area contributed by atoms with Crippen LogP contribution in [0.15, 0.2) is 36.7 Å². The summed E-state index contributed by atoms with van der Waals surface area (Å²) in [5, 5.41) is 6.16. The van der Waals surface area contributed by atoms with E-state index in [0.29, 0.717) is 18.1 Å². The molecule has 8 nitrogen and oxygen atoms in total. The van der Waals surface area contributed by atoms with Crippen LogP contribution in [0.1, 0.15) is 24.3 Å². The van der Waals surface area contributed by atoms with Crippen LogP contribution < -0.4 is 15.5 Å². The van der Waals surface area contributed by atoms with Crippen LogP contribution >= 0.6 is 0 Å². The Labute approximate surface area is 172 Å². The number of aromatic nitrogens is 2. The van der Waals surface area contributed by atoms with Crippen molar-refractivity contribution in [3.63, 3.8) is 0 Å². The van der Waals surface area contributed by atoms with E-state index < -0.39 is 0 Å².